The van der Waals surface area contributed by atoms with E-state index in [1.54, 1.807) is 6.07 Å². The molecule has 3 heterocycles. The molecule has 0 amide bonds. The van der Waals surface area contributed by atoms with Crippen molar-refractivity contribution in [3.8, 4) is 5.75 Å². The number of hydrogen-bond acceptors (Lipinski definition) is 7. The topological polar surface area (TPSA) is 109 Å². The number of aromatic nitrogens is 4. The molecule has 0 atom stereocenters. The maximum atomic E-state index is 13.3. The quantitative estimate of drug-likeness (QED) is 0.480. The van der Waals surface area contributed by atoms with Crippen molar-refractivity contribution < 1.29 is 14.6 Å². The summed E-state index contributed by atoms with van der Waals surface area (Å²) in [5, 5.41) is 27.1. The second-order valence-electron chi connectivity index (χ2n) is 9.98. The van der Waals surface area contributed by atoms with E-state index in [2.05, 4.69) is 30.8 Å². The van der Waals surface area contributed by atoms with Crippen molar-refractivity contribution in [2.45, 2.75) is 59.4 Å². The van der Waals surface area contributed by atoms with Crippen molar-refractivity contribution in [1.29, 1.82) is 5.41 Å². The minimum atomic E-state index is -0.186. The lowest BCUT2D eigenvalue weighted by Gasteiger charge is -2.21. The Bertz CT molecular complexity index is 1290. The number of aryl methyl sites for hydroxylation is 1. The molecule has 0 spiro atoms. The lowest BCUT2D eigenvalue weighted by molar-refractivity contribution is 0.0965. The van der Waals surface area contributed by atoms with Crippen LogP contribution in [0.4, 0.5) is 5.82 Å². The summed E-state index contributed by atoms with van der Waals surface area (Å²) in [5.74, 6) is 1.26. The molecule has 9 nitrogen and oxygen atoms in total. The molecule has 1 aliphatic heterocycles. The normalized spacial score (nSPS) is 13.8. The number of anilines is 1. The summed E-state index contributed by atoms with van der Waals surface area (Å²) in [6.45, 7) is 12.1. The number of ether oxygens (including phenoxy) is 1. The van der Waals surface area contributed by atoms with Crippen molar-refractivity contribution in [1.82, 2.24) is 19.4 Å². The number of ketones is 1. The summed E-state index contributed by atoms with van der Waals surface area (Å²) >= 11 is 0. The number of Topliss-reactive ketones (excluding diaryl/α,β-unsaturated/α-hetero) is 1. The highest BCUT2D eigenvalue weighted by molar-refractivity contribution is 5.96. The Kier molecular flexibility index (Phi) is 7.91. The van der Waals surface area contributed by atoms with Crippen molar-refractivity contribution in [2.24, 2.45) is 0 Å². The van der Waals surface area contributed by atoms with E-state index in [0.717, 1.165) is 48.4 Å². The second-order valence-corrected chi connectivity index (χ2v) is 9.98. The fraction of sp³-hybridized carbons (Fsp3) is 0.520. The van der Waals surface area contributed by atoms with Crippen LogP contribution >= 0.6 is 12.4 Å². The first kappa shape index (κ1) is 26.7. The first-order chi connectivity index (χ1) is 16.1. The predicted molar refractivity (Wildman–Crippen MR) is 137 cm³/mol. The smallest absolute Gasteiger partial charge is 0.242 e. The van der Waals surface area contributed by atoms with Crippen LogP contribution < -0.4 is 15.3 Å². The van der Waals surface area contributed by atoms with Crippen LogP contribution in [0, 0.1) is 19.3 Å². The molecule has 0 unspecified atom stereocenters. The molecular formula is C25H35ClN6O3. The third kappa shape index (κ3) is 5.36. The molecule has 0 saturated carbocycles. The summed E-state index contributed by atoms with van der Waals surface area (Å²) < 4.78 is 8.55. The zero-order chi connectivity index (χ0) is 24.6. The minimum Gasteiger partial charge on any atom is -0.491 e. The molecule has 10 heteroatoms. The first-order valence-corrected chi connectivity index (χ1v) is 11.8. The predicted octanol–water partition coefficient (Wildman–Crippen LogP) is 3.20. The number of carbonyl (C=O) groups excluding carboxylic acids is 1. The van der Waals surface area contributed by atoms with Crippen molar-refractivity contribution in [3.05, 3.63) is 46.1 Å². The molecule has 35 heavy (non-hydrogen) atoms. The molecule has 3 aromatic rings. The highest BCUT2D eigenvalue weighted by Gasteiger charge is 2.22. The van der Waals surface area contributed by atoms with E-state index in [-0.39, 0.29) is 49.0 Å². The van der Waals surface area contributed by atoms with Gasteiger partial charge in [0.15, 0.2) is 17.2 Å². The van der Waals surface area contributed by atoms with Gasteiger partial charge in [0.05, 0.1) is 6.61 Å². The SMILES string of the molecule is Cc1c(N2CCCC2)nn2c(=N)n(CC(=O)c3cc(OCCO)cc(C(C)(C)C)c3)nc2c1C.Cl. The first-order valence-electron chi connectivity index (χ1n) is 11.8. The minimum absolute atomic E-state index is 0. The Hall–Kier alpha value is -2.91. The van der Waals surface area contributed by atoms with Crippen LogP contribution in [0.2, 0.25) is 0 Å². The Morgan fingerprint density at radius 1 is 1.11 bits per heavy atom. The van der Waals surface area contributed by atoms with Gasteiger partial charge in [0, 0.05) is 29.8 Å². The Morgan fingerprint density at radius 3 is 2.43 bits per heavy atom. The van der Waals surface area contributed by atoms with Crippen LogP contribution in [0.5, 0.6) is 5.75 Å². The number of aliphatic hydroxyl groups excluding tert-OH is 1. The number of nitrogens with zero attached hydrogens (tertiary/aromatic N) is 5. The van der Waals surface area contributed by atoms with E-state index in [4.69, 9.17) is 20.4 Å². The summed E-state index contributed by atoms with van der Waals surface area (Å²) in [5.41, 5.74) is 3.94. The van der Waals surface area contributed by atoms with Gasteiger partial charge in [0.25, 0.3) is 0 Å². The standard InChI is InChI=1S/C25H34N6O3.ClH/c1-16-17(2)23-27-30(24(26)31(23)28-22(16)29-8-6-7-9-29)15-21(33)18-12-19(25(3,4)5)14-20(13-18)34-11-10-32;/h12-14,26,32H,6-11,15H2,1-5H3;1H. The number of carbonyl (C=O) groups is 1. The lowest BCUT2D eigenvalue weighted by atomic mass is 9.85. The molecule has 190 valence electrons. The summed E-state index contributed by atoms with van der Waals surface area (Å²) in [7, 11) is 0. The molecule has 0 radical (unpaired) electrons. The van der Waals surface area contributed by atoms with Gasteiger partial charge in [-0.2, -0.15) is 4.52 Å². The average molecular weight is 503 g/mol. The highest BCUT2D eigenvalue weighted by atomic mass is 35.5. The number of benzene rings is 1. The number of hydrogen-bond donors (Lipinski definition) is 2. The van der Waals surface area contributed by atoms with Crippen molar-refractivity contribution in [2.75, 3.05) is 31.2 Å². The van der Waals surface area contributed by atoms with Crippen LogP contribution in [0.3, 0.4) is 0 Å². The van der Waals surface area contributed by atoms with Gasteiger partial charge >= 0.3 is 0 Å². The molecule has 2 aromatic heterocycles. The van der Waals surface area contributed by atoms with Gasteiger partial charge in [-0.05, 0) is 55.9 Å². The van der Waals surface area contributed by atoms with Crippen molar-refractivity contribution >= 4 is 29.7 Å². The van der Waals surface area contributed by atoms with Gasteiger partial charge in [0.2, 0.25) is 5.62 Å². The van der Waals surface area contributed by atoms with Crippen LogP contribution in [-0.2, 0) is 12.0 Å². The van der Waals surface area contributed by atoms with E-state index >= 15 is 0 Å². The fourth-order valence-corrected chi connectivity index (χ4v) is 4.25. The van der Waals surface area contributed by atoms with E-state index in [0.29, 0.717) is 17.0 Å². The molecule has 1 saturated heterocycles. The Labute approximate surface area is 211 Å². The monoisotopic (exact) mass is 502 g/mol. The summed E-state index contributed by atoms with van der Waals surface area (Å²) in [6.07, 6.45) is 2.28. The van der Waals surface area contributed by atoms with Gasteiger partial charge in [0.1, 0.15) is 18.9 Å². The molecule has 0 bridgehead atoms. The summed E-state index contributed by atoms with van der Waals surface area (Å²) in [6, 6.07) is 5.45. The van der Waals surface area contributed by atoms with Crippen LogP contribution in [0.25, 0.3) is 5.65 Å². The van der Waals surface area contributed by atoms with Crippen molar-refractivity contribution in [3.63, 3.8) is 0 Å². The van der Waals surface area contributed by atoms with E-state index < -0.39 is 0 Å². The number of rotatable bonds is 7. The largest absolute Gasteiger partial charge is 0.491 e. The molecule has 1 fully saturated rings. The zero-order valence-corrected chi connectivity index (χ0v) is 21.9. The number of aliphatic hydroxyl groups is 1. The van der Waals surface area contributed by atoms with Gasteiger partial charge in [-0.15, -0.1) is 22.6 Å². The van der Waals surface area contributed by atoms with Crippen LogP contribution in [0.15, 0.2) is 18.2 Å². The second kappa shape index (κ2) is 10.4. The summed E-state index contributed by atoms with van der Waals surface area (Å²) in [4.78, 5) is 15.5. The molecule has 2 N–H and O–H groups in total. The van der Waals surface area contributed by atoms with E-state index in [1.165, 1.54) is 9.20 Å². The van der Waals surface area contributed by atoms with Gasteiger partial charge < -0.3 is 14.7 Å². The van der Waals surface area contributed by atoms with Gasteiger partial charge in [-0.25, -0.2) is 4.68 Å². The maximum absolute atomic E-state index is 13.3. The van der Waals surface area contributed by atoms with E-state index in [1.807, 2.05) is 26.0 Å². The fourth-order valence-electron chi connectivity index (χ4n) is 4.25. The van der Waals surface area contributed by atoms with Crippen LogP contribution in [-0.4, -0.2) is 56.6 Å². The Morgan fingerprint density at radius 2 is 1.80 bits per heavy atom. The third-order valence-corrected chi connectivity index (χ3v) is 6.44. The maximum Gasteiger partial charge on any atom is 0.242 e. The molecule has 1 aliphatic rings. The molecular weight excluding hydrogens is 468 g/mol. The highest BCUT2D eigenvalue weighted by Crippen LogP contribution is 2.28. The number of fused-ring (bicyclic) bond motifs is 1. The lowest BCUT2D eigenvalue weighted by Crippen LogP contribution is -2.28. The molecule has 4 rings (SSSR count). The molecule has 1 aromatic carbocycles. The third-order valence-electron chi connectivity index (χ3n) is 6.44. The Balaban J connectivity index is 0.00000342. The molecule has 0 aliphatic carbocycles. The van der Waals surface area contributed by atoms with Gasteiger partial charge in [-0.1, -0.05) is 20.8 Å². The zero-order valence-electron chi connectivity index (χ0n) is 21.1. The van der Waals surface area contributed by atoms with E-state index in [9.17, 15) is 4.79 Å². The average Bonchev–Trinajstić information content (AvgIpc) is 3.43. The van der Waals surface area contributed by atoms with Gasteiger partial charge in [-0.3, -0.25) is 10.2 Å². The van der Waals surface area contributed by atoms with Crippen LogP contribution in [0.1, 0.15) is 60.7 Å². The number of nitrogens with one attached hydrogen (secondary N) is 1. The number of halogens is 1.